The first kappa shape index (κ1) is 27.6. The fourth-order valence-electron chi connectivity index (χ4n) is 4.48. The number of aromatic nitrogens is 3. The van der Waals surface area contributed by atoms with Crippen LogP contribution in [0.2, 0.25) is 5.02 Å². The first-order chi connectivity index (χ1) is 19.3. The van der Waals surface area contributed by atoms with Crippen LogP contribution in [0.25, 0.3) is 0 Å². The number of rotatable bonds is 9. The van der Waals surface area contributed by atoms with Gasteiger partial charge in [0.05, 0.1) is 18.8 Å². The van der Waals surface area contributed by atoms with Gasteiger partial charge in [-0.3, -0.25) is 4.79 Å². The molecule has 10 heteroatoms. The normalized spacial score (nSPS) is 14.5. The second-order valence-electron chi connectivity index (χ2n) is 9.51. The van der Waals surface area contributed by atoms with E-state index in [9.17, 15) is 4.79 Å². The summed E-state index contributed by atoms with van der Waals surface area (Å²) in [5.74, 6) is 2.11. The summed E-state index contributed by atoms with van der Waals surface area (Å²) < 4.78 is 13.4. The van der Waals surface area contributed by atoms with Crippen molar-refractivity contribution in [3.63, 3.8) is 0 Å². The Morgan fingerprint density at radius 3 is 2.58 bits per heavy atom. The van der Waals surface area contributed by atoms with Crippen LogP contribution in [-0.2, 0) is 10.5 Å². The third kappa shape index (κ3) is 5.95. The molecule has 40 heavy (non-hydrogen) atoms. The molecule has 5 rings (SSSR count). The van der Waals surface area contributed by atoms with Gasteiger partial charge in [-0.25, -0.2) is 4.68 Å². The number of halogens is 1. The van der Waals surface area contributed by atoms with Gasteiger partial charge in [0, 0.05) is 22.2 Å². The fraction of sp³-hybridized carbons (Fsp3) is 0.233. The topological polar surface area (TPSA) is 90.3 Å². The molecule has 1 atom stereocenters. The SMILES string of the molecule is COc1cc(C2C(C(=O)Nc3ccccc3)=C(C)Nc3nc(SCc4ccccc4Cl)nn32)ccc1OC(C)C. The number of anilines is 2. The number of allylic oxidation sites excluding steroid dienone is 1. The molecule has 0 radical (unpaired) electrons. The molecule has 1 aliphatic rings. The van der Waals surface area contributed by atoms with Crippen molar-refractivity contribution in [1.82, 2.24) is 14.8 Å². The van der Waals surface area contributed by atoms with Crippen LogP contribution in [0.4, 0.5) is 11.6 Å². The Hall–Kier alpha value is -3.95. The summed E-state index contributed by atoms with van der Waals surface area (Å²) in [6.45, 7) is 5.79. The second kappa shape index (κ2) is 12.1. The number of methoxy groups -OCH3 is 1. The smallest absolute Gasteiger partial charge is 0.255 e. The minimum absolute atomic E-state index is 0.0207. The van der Waals surface area contributed by atoms with Crippen molar-refractivity contribution in [1.29, 1.82) is 0 Å². The lowest BCUT2D eigenvalue weighted by molar-refractivity contribution is -0.113. The third-order valence-corrected chi connectivity index (χ3v) is 7.55. The Labute approximate surface area is 242 Å². The van der Waals surface area contributed by atoms with Crippen LogP contribution < -0.4 is 20.1 Å². The number of benzene rings is 3. The van der Waals surface area contributed by atoms with E-state index < -0.39 is 6.04 Å². The van der Waals surface area contributed by atoms with Gasteiger partial charge >= 0.3 is 0 Å². The molecule has 0 bridgehead atoms. The van der Waals surface area contributed by atoms with Gasteiger partial charge in [0.25, 0.3) is 5.91 Å². The molecule has 2 N–H and O–H groups in total. The number of nitrogens with one attached hydrogen (secondary N) is 2. The summed E-state index contributed by atoms with van der Waals surface area (Å²) in [5, 5.41) is 12.4. The van der Waals surface area contributed by atoms with Crippen molar-refractivity contribution < 1.29 is 14.3 Å². The van der Waals surface area contributed by atoms with Gasteiger partial charge < -0.3 is 20.1 Å². The molecule has 1 amide bonds. The summed E-state index contributed by atoms with van der Waals surface area (Å²) in [7, 11) is 1.60. The molecule has 206 valence electrons. The number of carbonyl (C=O) groups excluding carboxylic acids is 1. The number of hydrogen-bond donors (Lipinski definition) is 2. The van der Waals surface area contributed by atoms with Gasteiger partial charge in [0.15, 0.2) is 11.5 Å². The first-order valence-electron chi connectivity index (χ1n) is 12.9. The zero-order chi connectivity index (χ0) is 28.2. The summed E-state index contributed by atoms with van der Waals surface area (Å²) in [4.78, 5) is 18.5. The van der Waals surface area contributed by atoms with Crippen LogP contribution in [-0.4, -0.2) is 33.9 Å². The van der Waals surface area contributed by atoms with Crippen molar-refractivity contribution in [3.05, 3.63) is 100 Å². The molecule has 0 saturated carbocycles. The molecule has 1 unspecified atom stereocenters. The molecule has 0 fully saturated rings. The molecule has 0 aliphatic carbocycles. The maximum absolute atomic E-state index is 13.7. The number of nitrogens with zero attached hydrogens (tertiary/aromatic N) is 3. The van der Waals surface area contributed by atoms with Crippen molar-refractivity contribution in [3.8, 4) is 11.5 Å². The zero-order valence-electron chi connectivity index (χ0n) is 22.6. The minimum Gasteiger partial charge on any atom is -0.493 e. The van der Waals surface area contributed by atoms with Crippen molar-refractivity contribution in [2.45, 2.75) is 43.8 Å². The van der Waals surface area contributed by atoms with E-state index >= 15 is 0 Å². The Morgan fingerprint density at radius 2 is 1.85 bits per heavy atom. The largest absolute Gasteiger partial charge is 0.493 e. The lowest BCUT2D eigenvalue weighted by atomic mass is 9.94. The zero-order valence-corrected chi connectivity index (χ0v) is 24.2. The van der Waals surface area contributed by atoms with Gasteiger partial charge in [-0.1, -0.05) is 65.8 Å². The number of hydrogen-bond acceptors (Lipinski definition) is 7. The first-order valence-corrected chi connectivity index (χ1v) is 14.2. The van der Waals surface area contributed by atoms with E-state index in [2.05, 4.69) is 10.6 Å². The maximum atomic E-state index is 13.7. The Bertz CT molecular complexity index is 1550. The van der Waals surface area contributed by atoms with Crippen LogP contribution in [0, 0.1) is 0 Å². The standard InChI is InChI=1S/C30H30ClN5O3S/c1-18(2)39-24-15-14-20(16-25(24)38-4)27-26(28(37)33-22-11-6-5-7-12-22)19(3)32-29-34-30(35-36(27)29)40-17-21-10-8-9-13-23(21)31/h5-16,18,27H,17H2,1-4H3,(H,33,37)(H,32,34,35). The fourth-order valence-corrected chi connectivity index (χ4v) is 5.59. The highest BCUT2D eigenvalue weighted by atomic mass is 35.5. The number of ether oxygens (including phenoxy) is 2. The molecule has 0 saturated heterocycles. The van der Waals surface area contributed by atoms with Crippen molar-refractivity contribution in [2.24, 2.45) is 0 Å². The van der Waals surface area contributed by atoms with Crippen LogP contribution >= 0.6 is 23.4 Å². The maximum Gasteiger partial charge on any atom is 0.255 e. The molecule has 3 aromatic carbocycles. The van der Waals surface area contributed by atoms with Crippen molar-refractivity contribution in [2.75, 3.05) is 17.7 Å². The predicted molar refractivity (Wildman–Crippen MR) is 159 cm³/mol. The summed E-state index contributed by atoms with van der Waals surface area (Å²) in [6.07, 6.45) is -0.0207. The number of fused-ring (bicyclic) bond motifs is 1. The van der Waals surface area contributed by atoms with E-state index in [0.717, 1.165) is 11.1 Å². The molecular weight excluding hydrogens is 546 g/mol. The monoisotopic (exact) mass is 575 g/mol. The molecule has 1 aliphatic heterocycles. The van der Waals surface area contributed by atoms with Crippen LogP contribution in [0.15, 0.2) is 89.2 Å². The van der Waals surface area contributed by atoms with Crippen LogP contribution in [0.1, 0.15) is 37.9 Å². The van der Waals surface area contributed by atoms with E-state index in [1.807, 2.05) is 93.6 Å². The number of para-hydroxylation sites is 1. The van der Waals surface area contributed by atoms with Crippen molar-refractivity contribution >= 4 is 40.9 Å². The Morgan fingerprint density at radius 1 is 1.10 bits per heavy atom. The highest BCUT2D eigenvalue weighted by molar-refractivity contribution is 7.98. The van der Waals surface area contributed by atoms with E-state index in [-0.39, 0.29) is 12.0 Å². The van der Waals surface area contributed by atoms with Gasteiger partial charge in [0.2, 0.25) is 11.1 Å². The molecule has 4 aromatic rings. The van der Waals surface area contributed by atoms with E-state index in [1.54, 1.807) is 11.8 Å². The molecule has 0 spiro atoms. The third-order valence-electron chi connectivity index (χ3n) is 6.29. The average Bonchev–Trinajstić information content (AvgIpc) is 3.34. The minimum atomic E-state index is -0.566. The lowest BCUT2D eigenvalue weighted by Crippen LogP contribution is -2.31. The highest BCUT2D eigenvalue weighted by Gasteiger charge is 2.35. The summed E-state index contributed by atoms with van der Waals surface area (Å²) in [6, 6.07) is 22.2. The number of thioether (sulfide) groups is 1. The highest BCUT2D eigenvalue weighted by Crippen LogP contribution is 2.40. The van der Waals surface area contributed by atoms with Gasteiger partial charge in [-0.15, -0.1) is 5.10 Å². The predicted octanol–water partition coefficient (Wildman–Crippen LogP) is 6.95. The van der Waals surface area contributed by atoms with Crippen LogP contribution in [0.3, 0.4) is 0 Å². The Balaban J connectivity index is 1.54. The van der Waals surface area contributed by atoms with Gasteiger partial charge in [0.1, 0.15) is 6.04 Å². The number of carbonyl (C=O) groups is 1. The molecule has 2 heterocycles. The van der Waals surface area contributed by atoms with E-state index in [0.29, 0.717) is 50.3 Å². The van der Waals surface area contributed by atoms with E-state index in [1.165, 1.54) is 11.8 Å². The number of amides is 1. The van der Waals surface area contributed by atoms with Crippen LogP contribution in [0.5, 0.6) is 11.5 Å². The van der Waals surface area contributed by atoms with Gasteiger partial charge in [-0.05, 0) is 62.2 Å². The quantitative estimate of drug-likeness (QED) is 0.209. The summed E-state index contributed by atoms with van der Waals surface area (Å²) >= 11 is 7.84. The Kier molecular flexibility index (Phi) is 8.32. The molecule has 1 aromatic heterocycles. The van der Waals surface area contributed by atoms with E-state index in [4.69, 9.17) is 31.2 Å². The lowest BCUT2D eigenvalue weighted by Gasteiger charge is -2.29. The molecule has 8 nitrogen and oxygen atoms in total. The summed E-state index contributed by atoms with van der Waals surface area (Å²) in [5.41, 5.74) is 3.70. The molecular formula is C30H30ClN5O3S. The second-order valence-corrected chi connectivity index (χ2v) is 10.9. The average molecular weight is 576 g/mol. The van der Waals surface area contributed by atoms with Gasteiger partial charge in [-0.2, -0.15) is 4.98 Å².